The Morgan fingerprint density at radius 3 is 2.67 bits per heavy atom. The quantitative estimate of drug-likeness (QED) is 0.891. The van der Waals surface area contributed by atoms with Crippen LogP contribution in [0.25, 0.3) is 0 Å². The van der Waals surface area contributed by atoms with Gasteiger partial charge in [0.2, 0.25) is 5.91 Å². The molecule has 1 aromatic rings. The van der Waals surface area contributed by atoms with Crippen molar-refractivity contribution in [3.05, 3.63) is 18.0 Å². The number of hydrogen-bond acceptors (Lipinski definition) is 5. The molecule has 0 atom stereocenters. The van der Waals surface area contributed by atoms with Gasteiger partial charge in [-0.1, -0.05) is 0 Å². The van der Waals surface area contributed by atoms with Crippen molar-refractivity contribution in [2.24, 2.45) is 5.73 Å². The summed E-state index contributed by atoms with van der Waals surface area (Å²) in [5, 5.41) is 0. The summed E-state index contributed by atoms with van der Waals surface area (Å²) in [5.74, 6) is -0.407. The van der Waals surface area contributed by atoms with E-state index >= 15 is 0 Å². The summed E-state index contributed by atoms with van der Waals surface area (Å²) < 4.78 is 42.9. The van der Waals surface area contributed by atoms with E-state index in [2.05, 4.69) is 9.97 Å². The largest absolute Gasteiger partial charge is 0.460 e. The number of halogens is 3. The fourth-order valence-electron chi connectivity index (χ4n) is 2.11. The number of nitrogens with zero attached hydrogens (tertiary/aromatic N) is 3. The minimum Gasteiger partial charge on any atom is -0.460 e. The van der Waals surface area contributed by atoms with E-state index in [0.29, 0.717) is 25.9 Å². The molecule has 0 spiro atoms. The van der Waals surface area contributed by atoms with Crippen molar-refractivity contribution >= 4 is 5.91 Å². The molecule has 0 unspecified atom stereocenters. The van der Waals surface area contributed by atoms with Crippen LogP contribution in [0.15, 0.2) is 12.3 Å². The van der Waals surface area contributed by atoms with Crippen molar-refractivity contribution in [1.29, 1.82) is 0 Å². The second kappa shape index (κ2) is 6.25. The van der Waals surface area contributed by atoms with Gasteiger partial charge in [0.05, 0.1) is 6.54 Å². The Hall–Kier alpha value is -1.90. The van der Waals surface area contributed by atoms with E-state index in [9.17, 15) is 18.0 Å². The van der Waals surface area contributed by atoms with Gasteiger partial charge >= 0.3 is 12.2 Å². The summed E-state index contributed by atoms with van der Waals surface area (Å²) >= 11 is 0. The molecule has 1 aromatic heterocycles. The average molecular weight is 304 g/mol. The van der Waals surface area contributed by atoms with Crippen molar-refractivity contribution in [2.45, 2.75) is 25.1 Å². The van der Waals surface area contributed by atoms with Gasteiger partial charge in [0.1, 0.15) is 6.10 Å². The molecule has 0 aromatic carbocycles. The number of aromatic nitrogens is 2. The zero-order chi connectivity index (χ0) is 15.5. The van der Waals surface area contributed by atoms with Crippen LogP contribution in [0.3, 0.4) is 0 Å². The van der Waals surface area contributed by atoms with Gasteiger partial charge in [-0.3, -0.25) is 9.69 Å². The molecule has 0 aliphatic carbocycles. The highest BCUT2D eigenvalue weighted by atomic mass is 19.4. The van der Waals surface area contributed by atoms with Crippen LogP contribution in [0.1, 0.15) is 18.5 Å². The molecule has 0 saturated carbocycles. The molecule has 1 aliphatic heterocycles. The fraction of sp³-hybridized carbons (Fsp3) is 0.583. The van der Waals surface area contributed by atoms with Crippen molar-refractivity contribution in [3.8, 4) is 6.01 Å². The number of piperidine rings is 1. The lowest BCUT2D eigenvalue weighted by Crippen LogP contribution is -2.42. The first-order valence-corrected chi connectivity index (χ1v) is 6.42. The van der Waals surface area contributed by atoms with Crippen LogP contribution in [-0.2, 0) is 11.0 Å². The second-order valence-corrected chi connectivity index (χ2v) is 4.78. The summed E-state index contributed by atoms with van der Waals surface area (Å²) in [6.07, 6.45) is -2.61. The number of carbonyl (C=O) groups is 1. The molecular weight excluding hydrogens is 289 g/mol. The molecule has 1 saturated heterocycles. The van der Waals surface area contributed by atoms with Gasteiger partial charge < -0.3 is 10.5 Å². The molecule has 0 radical (unpaired) electrons. The summed E-state index contributed by atoms with van der Waals surface area (Å²) in [5.41, 5.74) is 4.07. The summed E-state index contributed by atoms with van der Waals surface area (Å²) in [6, 6.07) is 0.515. The Morgan fingerprint density at radius 1 is 1.43 bits per heavy atom. The van der Waals surface area contributed by atoms with Crippen molar-refractivity contribution in [1.82, 2.24) is 14.9 Å². The molecule has 2 rings (SSSR count). The van der Waals surface area contributed by atoms with Crippen molar-refractivity contribution < 1.29 is 22.7 Å². The first kappa shape index (κ1) is 15.5. The van der Waals surface area contributed by atoms with Gasteiger partial charge in [-0.25, -0.2) is 4.98 Å². The zero-order valence-corrected chi connectivity index (χ0v) is 11.1. The van der Waals surface area contributed by atoms with E-state index in [1.165, 1.54) is 0 Å². The van der Waals surface area contributed by atoms with Crippen molar-refractivity contribution in [2.75, 3.05) is 19.6 Å². The topological polar surface area (TPSA) is 81.3 Å². The monoisotopic (exact) mass is 304 g/mol. The Balaban J connectivity index is 1.90. The number of alkyl halides is 3. The molecular formula is C12H15F3N4O2. The van der Waals surface area contributed by atoms with Gasteiger partial charge in [0.15, 0.2) is 5.69 Å². The standard InChI is InChI=1S/C12H15F3N4O2/c13-12(14,15)9-1-4-17-11(18-9)21-8-2-5-19(6-3-8)7-10(16)20/h1,4,8H,2-3,5-7H2,(H2,16,20). The number of rotatable bonds is 4. The minimum atomic E-state index is -4.52. The van der Waals surface area contributed by atoms with Crippen LogP contribution in [0.2, 0.25) is 0 Å². The van der Waals surface area contributed by atoms with Gasteiger partial charge in [-0.05, 0) is 18.9 Å². The third-order valence-corrected chi connectivity index (χ3v) is 3.11. The smallest absolute Gasteiger partial charge is 0.433 e. The number of hydrogen-bond donors (Lipinski definition) is 1. The third-order valence-electron chi connectivity index (χ3n) is 3.11. The lowest BCUT2D eigenvalue weighted by molar-refractivity contribution is -0.141. The van der Waals surface area contributed by atoms with Gasteiger partial charge in [0, 0.05) is 19.3 Å². The zero-order valence-electron chi connectivity index (χ0n) is 11.1. The lowest BCUT2D eigenvalue weighted by atomic mass is 10.1. The summed E-state index contributed by atoms with van der Waals surface area (Å²) in [7, 11) is 0. The molecule has 1 fully saturated rings. The average Bonchev–Trinajstić information content (AvgIpc) is 2.40. The summed E-state index contributed by atoms with van der Waals surface area (Å²) in [4.78, 5) is 19.7. The lowest BCUT2D eigenvalue weighted by Gasteiger charge is -2.30. The number of amides is 1. The Morgan fingerprint density at radius 2 is 2.10 bits per heavy atom. The Kier molecular flexibility index (Phi) is 4.61. The summed E-state index contributed by atoms with van der Waals surface area (Å²) in [6.45, 7) is 1.35. The first-order valence-electron chi connectivity index (χ1n) is 6.42. The minimum absolute atomic E-state index is 0.173. The van der Waals surface area contributed by atoms with Gasteiger partial charge in [0.25, 0.3) is 0 Å². The normalized spacial score (nSPS) is 17.7. The first-order chi connectivity index (χ1) is 9.84. The predicted octanol–water partition coefficient (Wildman–Crippen LogP) is 0.824. The van der Waals surface area contributed by atoms with Crippen LogP contribution in [0.5, 0.6) is 6.01 Å². The Labute approximate surface area is 119 Å². The highest BCUT2D eigenvalue weighted by Crippen LogP contribution is 2.28. The second-order valence-electron chi connectivity index (χ2n) is 4.78. The van der Waals surface area contributed by atoms with Crippen LogP contribution in [-0.4, -0.2) is 46.5 Å². The van der Waals surface area contributed by atoms with Crippen LogP contribution >= 0.6 is 0 Å². The van der Waals surface area contributed by atoms with E-state index < -0.39 is 17.8 Å². The van der Waals surface area contributed by atoms with E-state index in [4.69, 9.17) is 10.5 Å². The molecule has 21 heavy (non-hydrogen) atoms. The molecule has 9 heteroatoms. The highest BCUT2D eigenvalue weighted by molar-refractivity contribution is 5.75. The van der Waals surface area contributed by atoms with Crippen LogP contribution in [0.4, 0.5) is 13.2 Å². The van der Waals surface area contributed by atoms with Crippen LogP contribution < -0.4 is 10.5 Å². The molecule has 1 aliphatic rings. The third kappa shape index (κ3) is 4.55. The maximum Gasteiger partial charge on any atom is 0.433 e. The number of ether oxygens (including phenoxy) is 1. The maximum absolute atomic E-state index is 12.5. The maximum atomic E-state index is 12.5. The molecule has 6 nitrogen and oxygen atoms in total. The molecule has 2 N–H and O–H groups in total. The highest BCUT2D eigenvalue weighted by Gasteiger charge is 2.33. The van der Waals surface area contributed by atoms with E-state index in [1.54, 1.807) is 0 Å². The molecule has 2 heterocycles. The van der Waals surface area contributed by atoms with E-state index in [1.807, 2.05) is 4.90 Å². The number of nitrogens with two attached hydrogens (primary N) is 1. The molecule has 0 bridgehead atoms. The number of primary amides is 1. The van der Waals surface area contributed by atoms with Crippen molar-refractivity contribution in [3.63, 3.8) is 0 Å². The SMILES string of the molecule is NC(=O)CN1CCC(Oc2nccc(C(F)(F)F)n2)CC1. The fourth-order valence-corrected chi connectivity index (χ4v) is 2.11. The molecule has 116 valence electrons. The number of likely N-dealkylation sites (tertiary alicyclic amines) is 1. The van der Waals surface area contributed by atoms with Gasteiger partial charge in [-0.2, -0.15) is 18.2 Å². The van der Waals surface area contributed by atoms with Gasteiger partial charge in [-0.15, -0.1) is 0 Å². The van der Waals surface area contributed by atoms with E-state index in [0.717, 1.165) is 12.3 Å². The molecule has 1 amide bonds. The van der Waals surface area contributed by atoms with E-state index in [-0.39, 0.29) is 18.7 Å². The van der Waals surface area contributed by atoms with Crippen LogP contribution in [0, 0.1) is 0 Å². The predicted molar refractivity (Wildman–Crippen MR) is 66.3 cm³/mol. The number of carbonyl (C=O) groups excluding carboxylic acids is 1. The Bertz CT molecular complexity index is 502.